The van der Waals surface area contributed by atoms with E-state index in [1.165, 1.54) is 0 Å². The van der Waals surface area contributed by atoms with Crippen molar-refractivity contribution in [2.45, 2.75) is 44.7 Å². The highest BCUT2D eigenvalue weighted by Crippen LogP contribution is 2.49. The standard InChI is InChI=1S/C28H28N4O3/c1-17-3-5-21(35-16-20-7-10-29-20)15-23(17)26(33)32-28(8-9-28)24-13-19(27-30-11-12-34-27)14-25-22(24)6-4-18(2)31-25/h3-6,11-15,20,29H,7-10,16H2,1-2H3,(H,32,33)/t20-/m0/s1. The fourth-order valence-corrected chi connectivity index (χ4v) is 4.72. The van der Waals surface area contributed by atoms with Gasteiger partial charge in [0.2, 0.25) is 5.89 Å². The van der Waals surface area contributed by atoms with E-state index in [0.29, 0.717) is 24.1 Å². The molecule has 178 valence electrons. The van der Waals surface area contributed by atoms with Crippen LogP contribution in [0.15, 0.2) is 59.3 Å². The summed E-state index contributed by atoms with van der Waals surface area (Å²) in [5, 5.41) is 7.72. The molecule has 2 aromatic heterocycles. The minimum absolute atomic E-state index is 0.0954. The number of oxazole rings is 1. The average Bonchev–Trinajstić information content (AvgIpc) is 3.37. The van der Waals surface area contributed by atoms with Crippen molar-refractivity contribution in [2.75, 3.05) is 13.2 Å². The molecule has 6 rings (SSSR count). The van der Waals surface area contributed by atoms with Crippen molar-refractivity contribution < 1.29 is 13.9 Å². The Morgan fingerprint density at radius 3 is 2.77 bits per heavy atom. The molecule has 1 amide bonds. The Bertz CT molecular complexity index is 1410. The number of aryl methyl sites for hydroxylation is 2. The van der Waals surface area contributed by atoms with E-state index < -0.39 is 5.54 Å². The summed E-state index contributed by atoms with van der Waals surface area (Å²) in [5.74, 6) is 1.16. The Balaban J connectivity index is 1.32. The first-order valence-electron chi connectivity index (χ1n) is 12.1. The molecule has 1 aliphatic carbocycles. The number of carbonyl (C=O) groups is 1. The van der Waals surface area contributed by atoms with Crippen molar-refractivity contribution in [1.82, 2.24) is 20.6 Å². The number of hydrogen-bond acceptors (Lipinski definition) is 6. The highest BCUT2D eigenvalue weighted by atomic mass is 16.5. The Morgan fingerprint density at radius 2 is 2.06 bits per heavy atom. The number of benzene rings is 2. The maximum absolute atomic E-state index is 13.5. The van der Waals surface area contributed by atoms with Gasteiger partial charge in [0.05, 0.1) is 17.3 Å². The molecule has 2 aliphatic rings. The SMILES string of the molecule is Cc1ccc2c(C3(NC(=O)c4cc(OC[C@@H]5CCN5)ccc4C)CC3)cc(-c3ncco3)cc2n1. The van der Waals surface area contributed by atoms with Crippen LogP contribution in [-0.4, -0.2) is 35.1 Å². The van der Waals surface area contributed by atoms with Crippen molar-refractivity contribution >= 4 is 16.8 Å². The summed E-state index contributed by atoms with van der Waals surface area (Å²) in [4.78, 5) is 22.6. The fraction of sp³-hybridized carbons (Fsp3) is 0.321. The smallest absolute Gasteiger partial charge is 0.252 e. The number of amides is 1. The van der Waals surface area contributed by atoms with E-state index in [2.05, 4.69) is 27.8 Å². The normalized spacial score (nSPS) is 18.2. The van der Waals surface area contributed by atoms with E-state index >= 15 is 0 Å². The molecule has 2 fully saturated rings. The van der Waals surface area contributed by atoms with Gasteiger partial charge in [0.25, 0.3) is 5.91 Å². The van der Waals surface area contributed by atoms with E-state index in [9.17, 15) is 4.79 Å². The van der Waals surface area contributed by atoms with E-state index in [4.69, 9.17) is 14.1 Å². The monoisotopic (exact) mass is 468 g/mol. The molecule has 7 nitrogen and oxygen atoms in total. The topological polar surface area (TPSA) is 89.3 Å². The second-order valence-corrected chi connectivity index (χ2v) is 9.64. The van der Waals surface area contributed by atoms with Crippen LogP contribution in [0.3, 0.4) is 0 Å². The molecular formula is C28H28N4O3. The second-order valence-electron chi connectivity index (χ2n) is 9.64. The lowest BCUT2D eigenvalue weighted by atomic mass is 9.95. The van der Waals surface area contributed by atoms with Crippen LogP contribution in [-0.2, 0) is 5.54 Å². The number of pyridine rings is 1. The summed E-state index contributed by atoms with van der Waals surface area (Å²) in [6.07, 6.45) is 6.04. The summed E-state index contributed by atoms with van der Waals surface area (Å²) in [6.45, 7) is 5.58. The lowest BCUT2D eigenvalue weighted by Gasteiger charge is -2.27. The van der Waals surface area contributed by atoms with Crippen molar-refractivity contribution in [3.63, 3.8) is 0 Å². The Labute approximate surface area is 203 Å². The number of hydrogen-bond donors (Lipinski definition) is 2. The largest absolute Gasteiger partial charge is 0.492 e. The van der Waals surface area contributed by atoms with Crippen molar-refractivity contribution in [2.24, 2.45) is 0 Å². The number of nitrogens with zero attached hydrogens (tertiary/aromatic N) is 2. The molecule has 1 saturated heterocycles. The van der Waals surface area contributed by atoms with Gasteiger partial charge in [0, 0.05) is 28.2 Å². The Kier molecular flexibility index (Phi) is 5.29. The minimum atomic E-state index is -0.450. The third-order valence-electron chi connectivity index (χ3n) is 7.07. The van der Waals surface area contributed by atoms with Crippen molar-refractivity contribution in [3.8, 4) is 17.2 Å². The zero-order chi connectivity index (χ0) is 24.0. The summed E-state index contributed by atoms with van der Waals surface area (Å²) in [7, 11) is 0. The number of rotatable bonds is 7. The number of fused-ring (bicyclic) bond motifs is 1. The molecule has 1 saturated carbocycles. The highest BCUT2D eigenvalue weighted by molar-refractivity contribution is 5.98. The third-order valence-corrected chi connectivity index (χ3v) is 7.07. The van der Waals surface area contributed by atoms with E-state index in [-0.39, 0.29) is 5.91 Å². The first-order chi connectivity index (χ1) is 17.0. The van der Waals surface area contributed by atoms with Crippen LogP contribution in [0.2, 0.25) is 0 Å². The lowest BCUT2D eigenvalue weighted by Crippen LogP contribution is -2.46. The summed E-state index contributed by atoms with van der Waals surface area (Å²) in [6, 6.07) is 14.3. The van der Waals surface area contributed by atoms with Gasteiger partial charge in [-0.3, -0.25) is 9.78 Å². The Morgan fingerprint density at radius 1 is 1.20 bits per heavy atom. The highest BCUT2D eigenvalue weighted by Gasteiger charge is 2.47. The molecule has 0 radical (unpaired) electrons. The molecule has 1 aliphatic heterocycles. The van der Waals surface area contributed by atoms with E-state index in [1.807, 2.05) is 44.2 Å². The van der Waals surface area contributed by atoms with Crippen LogP contribution in [0.25, 0.3) is 22.4 Å². The van der Waals surface area contributed by atoms with Gasteiger partial charge in [-0.05, 0) is 81.1 Å². The van der Waals surface area contributed by atoms with Gasteiger partial charge in [-0.1, -0.05) is 12.1 Å². The summed E-state index contributed by atoms with van der Waals surface area (Å²) < 4.78 is 11.5. The zero-order valence-corrected chi connectivity index (χ0v) is 19.9. The molecule has 35 heavy (non-hydrogen) atoms. The molecule has 1 atom stereocenters. The van der Waals surface area contributed by atoms with Gasteiger partial charge in [0.15, 0.2) is 0 Å². The second kappa shape index (κ2) is 8.50. The van der Waals surface area contributed by atoms with E-state index in [1.54, 1.807) is 12.5 Å². The van der Waals surface area contributed by atoms with Gasteiger partial charge in [-0.15, -0.1) is 0 Å². The van der Waals surface area contributed by atoms with Crippen LogP contribution in [0.4, 0.5) is 0 Å². The molecule has 2 N–H and O–H groups in total. The predicted molar refractivity (Wildman–Crippen MR) is 133 cm³/mol. The molecule has 0 spiro atoms. The Hall–Kier alpha value is -3.71. The molecular weight excluding hydrogens is 440 g/mol. The van der Waals surface area contributed by atoms with Gasteiger partial charge >= 0.3 is 0 Å². The molecule has 2 aromatic carbocycles. The fourth-order valence-electron chi connectivity index (χ4n) is 4.72. The van der Waals surface area contributed by atoms with Crippen LogP contribution in [0.5, 0.6) is 5.75 Å². The quantitative estimate of drug-likeness (QED) is 0.410. The van der Waals surface area contributed by atoms with Gasteiger partial charge in [-0.2, -0.15) is 0 Å². The molecule has 0 bridgehead atoms. The average molecular weight is 469 g/mol. The van der Waals surface area contributed by atoms with E-state index in [0.717, 1.165) is 64.8 Å². The zero-order valence-electron chi connectivity index (χ0n) is 19.9. The molecule has 0 unspecified atom stereocenters. The molecule has 7 heteroatoms. The van der Waals surface area contributed by atoms with Crippen molar-refractivity contribution in [1.29, 1.82) is 0 Å². The first-order valence-corrected chi connectivity index (χ1v) is 12.1. The molecule has 4 aromatic rings. The van der Waals surface area contributed by atoms with Gasteiger partial charge in [-0.25, -0.2) is 4.98 Å². The molecule has 3 heterocycles. The van der Waals surface area contributed by atoms with Gasteiger partial charge < -0.3 is 19.8 Å². The number of ether oxygens (including phenoxy) is 1. The van der Waals surface area contributed by atoms with Gasteiger partial charge in [0.1, 0.15) is 18.6 Å². The predicted octanol–water partition coefficient (Wildman–Crippen LogP) is 4.67. The van der Waals surface area contributed by atoms with Crippen LogP contribution in [0.1, 0.15) is 46.4 Å². The summed E-state index contributed by atoms with van der Waals surface area (Å²) >= 11 is 0. The maximum atomic E-state index is 13.5. The minimum Gasteiger partial charge on any atom is -0.492 e. The first kappa shape index (κ1) is 21.8. The van der Waals surface area contributed by atoms with Crippen LogP contribution in [0, 0.1) is 13.8 Å². The maximum Gasteiger partial charge on any atom is 0.252 e. The van der Waals surface area contributed by atoms with Crippen molar-refractivity contribution in [3.05, 3.63) is 77.3 Å². The number of nitrogens with one attached hydrogen (secondary N) is 2. The third kappa shape index (κ3) is 4.17. The van der Waals surface area contributed by atoms with Crippen LogP contribution >= 0.6 is 0 Å². The lowest BCUT2D eigenvalue weighted by molar-refractivity contribution is 0.0930. The number of aromatic nitrogens is 2. The van der Waals surface area contributed by atoms with Crippen LogP contribution < -0.4 is 15.4 Å². The number of carbonyl (C=O) groups excluding carboxylic acids is 1. The summed E-state index contributed by atoms with van der Waals surface area (Å²) in [5.41, 5.74) is 4.81.